The molecule has 0 radical (unpaired) electrons. The highest BCUT2D eigenvalue weighted by molar-refractivity contribution is 7.19. The Morgan fingerprint density at radius 1 is 1.14 bits per heavy atom. The van der Waals surface area contributed by atoms with Gasteiger partial charge < -0.3 is 5.32 Å². The average Bonchev–Trinajstić information content (AvgIpc) is 2.82. The quantitative estimate of drug-likeness (QED) is 0.665. The zero-order valence-corrected chi connectivity index (χ0v) is 13.1. The molecule has 0 amide bonds. The summed E-state index contributed by atoms with van der Waals surface area (Å²) >= 11 is 8.09. The van der Waals surface area contributed by atoms with Gasteiger partial charge in [0.1, 0.15) is 5.82 Å². The first-order valence-corrected chi connectivity index (χ1v) is 8.00. The SMILES string of the molecule is C[C@@H](NCc1sc2ccccc2c1Cl)c1ccccc1F. The third kappa shape index (κ3) is 2.95. The second-order valence-electron chi connectivity index (χ2n) is 4.96. The van der Waals surface area contributed by atoms with Crippen molar-refractivity contribution in [2.75, 3.05) is 0 Å². The van der Waals surface area contributed by atoms with Gasteiger partial charge in [0.15, 0.2) is 0 Å². The second-order valence-corrected chi connectivity index (χ2v) is 6.47. The molecule has 0 spiro atoms. The molecular weight excluding hydrogens is 305 g/mol. The van der Waals surface area contributed by atoms with Crippen LogP contribution in [0.5, 0.6) is 0 Å². The van der Waals surface area contributed by atoms with Crippen molar-refractivity contribution < 1.29 is 4.39 Å². The van der Waals surface area contributed by atoms with E-state index >= 15 is 0 Å². The van der Waals surface area contributed by atoms with E-state index in [0.717, 1.165) is 15.3 Å². The number of halogens is 2. The third-order valence-electron chi connectivity index (χ3n) is 3.54. The lowest BCUT2D eigenvalue weighted by Gasteiger charge is -2.14. The number of benzene rings is 2. The van der Waals surface area contributed by atoms with Crippen LogP contribution >= 0.6 is 22.9 Å². The van der Waals surface area contributed by atoms with Crippen LogP contribution in [0.3, 0.4) is 0 Å². The minimum atomic E-state index is -0.181. The van der Waals surface area contributed by atoms with Gasteiger partial charge in [0.25, 0.3) is 0 Å². The van der Waals surface area contributed by atoms with Crippen molar-refractivity contribution >= 4 is 33.0 Å². The van der Waals surface area contributed by atoms with Crippen molar-refractivity contribution in [3.8, 4) is 0 Å². The van der Waals surface area contributed by atoms with Crippen molar-refractivity contribution in [1.29, 1.82) is 0 Å². The van der Waals surface area contributed by atoms with Crippen LogP contribution in [0.4, 0.5) is 4.39 Å². The van der Waals surface area contributed by atoms with Gasteiger partial charge in [-0.05, 0) is 19.1 Å². The Balaban J connectivity index is 1.77. The summed E-state index contributed by atoms with van der Waals surface area (Å²) in [6, 6.07) is 14.9. The summed E-state index contributed by atoms with van der Waals surface area (Å²) in [6.07, 6.45) is 0. The minimum absolute atomic E-state index is 0.0625. The summed E-state index contributed by atoms with van der Waals surface area (Å²) in [7, 11) is 0. The van der Waals surface area contributed by atoms with E-state index in [2.05, 4.69) is 11.4 Å². The summed E-state index contributed by atoms with van der Waals surface area (Å²) in [5, 5.41) is 5.22. The Morgan fingerprint density at radius 2 is 1.86 bits per heavy atom. The van der Waals surface area contributed by atoms with Crippen LogP contribution in [-0.2, 0) is 6.54 Å². The lowest BCUT2D eigenvalue weighted by Crippen LogP contribution is -2.18. The maximum Gasteiger partial charge on any atom is 0.127 e. The fourth-order valence-corrected chi connectivity index (χ4v) is 3.81. The first-order valence-electron chi connectivity index (χ1n) is 6.80. The summed E-state index contributed by atoms with van der Waals surface area (Å²) in [5.41, 5.74) is 0.676. The van der Waals surface area contributed by atoms with Crippen LogP contribution < -0.4 is 5.32 Å². The molecule has 1 heterocycles. The maximum absolute atomic E-state index is 13.7. The third-order valence-corrected chi connectivity index (χ3v) is 5.26. The largest absolute Gasteiger partial charge is 0.305 e. The molecule has 21 heavy (non-hydrogen) atoms. The first-order chi connectivity index (χ1) is 10.2. The van der Waals surface area contributed by atoms with E-state index in [4.69, 9.17) is 11.6 Å². The fourth-order valence-electron chi connectivity index (χ4n) is 2.36. The van der Waals surface area contributed by atoms with E-state index in [1.165, 1.54) is 10.8 Å². The number of nitrogens with one attached hydrogen (secondary N) is 1. The van der Waals surface area contributed by atoms with Gasteiger partial charge in [-0.1, -0.05) is 48.0 Å². The van der Waals surface area contributed by atoms with Gasteiger partial charge >= 0.3 is 0 Å². The Bertz CT molecular complexity index is 768. The molecule has 1 nitrogen and oxygen atoms in total. The van der Waals surface area contributed by atoms with Gasteiger partial charge in [0.05, 0.1) is 5.02 Å². The Hall–Kier alpha value is -1.42. The number of rotatable bonds is 4. The lowest BCUT2D eigenvalue weighted by molar-refractivity contribution is 0.530. The van der Waals surface area contributed by atoms with Gasteiger partial charge in [-0.3, -0.25) is 0 Å². The van der Waals surface area contributed by atoms with Crippen LogP contribution in [0, 0.1) is 5.82 Å². The Kier molecular flexibility index (Phi) is 4.24. The van der Waals surface area contributed by atoms with Crippen molar-refractivity contribution in [2.45, 2.75) is 19.5 Å². The molecule has 3 aromatic rings. The van der Waals surface area contributed by atoms with Crippen LogP contribution in [0.2, 0.25) is 5.02 Å². The Morgan fingerprint density at radius 3 is 2.62 bits per heavy atom. The molecule has 1 N–H and O–H groups in total. The summed E-state index contributed by atoms with van der Waals surface area (Å²) < 4.78 is 14.9. The van der Waals surface area contributed by atoms with E-state index in [1.807, 2.05) is 31.2 Å². The zero-order chi connectivity index (χ0) is 14.8. The standard InChI is InChI=1S/C17H15ClFNS/c1-11(12-6-2-4-8-14(12)19)20-10-16-17(18)13-7-3-5-9-15(13)21-16/h2-9,11,20H,10H2,1H3/t11-/m1/s1. The predicted octanol–water partition coefficient (Wildman–Crippen LogP) is 5.54. The number of fused-ring (bicyclic) bond motifs is 1. The van der Waals surface area contributed by atoms with E-state index in [9.17, 15) is 4.39 Å². The van der Waals surface area contributed by atoms with Gasteiger partial charge in [0.2, 0.25) is 0 Å². The Labute approximate surface area is 132 Å². The highest BCUT2D eigenvalue weighted by atomic mass is 35.5. The molecule has 2 aromatic carbocycles. The predicted molar refractivity (Wildman–Crippen MR) is 88.5 cm³/mol. The summed E-state index contributed by atoms with van der Waals surface area (Å²) in [6.45, 7) is 2.59. The summed E-state index contributed by atoms with van der Waals surface area (Å²) in [5.74, 6) is -0.181. The van der Waals surface area contributed by atoms with Crippen LogP contribution in [0.1, 0.15) is 23.4 Å². The average molecular weight is 320 g/mol. The molecule has 108 valence electrons. The normalized spacial score (nSPS) is 12.7. The van der Waals surface area contributed by atoms with Crippen LogP contribution in [-0.4, -0.2) is 0 Å². The maximum atomic E-state index is 13.7. The molecule has 0 saturated carbocycles. The molecular formula is C17H15ClFNS. The lowest BCUT2D eigenvalue weighted by atomic mass is 10.1. The topological polar surface area (TPSA) is 12.0 Å². The molecule has 0 aliphatic heterocycles. The number of hydrogen-bond acceptors (Lipinski definition) is 2. The van der Waals surface area contributed by atoms with Crippen molar-refractivity contribution in [1.82, 2.24) is 5.32 Å². The van der Waals surface area contributed by atoms with Crippen LogP contribution in [0.15, 0.2) is 48.5 Å². The molecule has 4 heteroatoms. The van der Waals surface area contributed by atoms with Gasteiger partial charge in [-0.2, -0.15) is 0 Å². The van der Waals surface area contributed by atoms with Crippen LogP contribution in [0.25, 0.3) is 10.1 Å². The van der Waals surface area contributed by atoms with Gasteiger partial charge in [0, 0.05) is 33.1 Å². The molecule has 1 atom stereocenters. The molecule has 0 aliphatic rings. The van der Waals surface area contributed by atoms with E-state index < -0.39 is 0 Å². The van der Waals surface area contributed by atoms with Crippen molar-refractivity contribution in [3.63, 3.8) is 0 Å². The second kappa shape index (κ2) is 6.14. The molecule has 1 aromatic heterocycles. The van der Waals surface area contributed by atoms with Gasteiger partial charge in [-0.25, -0.2) is 4.39 Å². The molecule has 0 aliphatic carbocycles. The van der Waals surface area contributed by atoms with Crippen molar-refractivity contribution in [3.05, 3.63) is 69.8 Å². The number of hydrogen-bond donors (Lipinski definition) is 1. The highest BCUT2D eigenvalue weighted by Crippen LogP contribution is 2.35. The minimum Gasteiger partial charge on any atom is -0.305 e. The molecule has 3 rings (SSSR count). The molecule has 0 bridgehead atoms. The molecule has 0 saturated heterocycles. The smallest absolute Gasteiger partial charge is 0.127 e. The molecule has 0 unspecified atom stereocenters. The zero-order valence-electron chi connectivity index (χ0n) is 11.6. The first kappa shape index (κ1) is 14.5. The van der Waals surface area contributed by atoms with E-state index in [-0.39, 0.29) is 11.9 Å². The number of thiophene rings is 1. The summed E-state index contributed by atoms with van der Waals surface area (Å²) in [4.78, 5) is 1.08. The van der Waals surface area contributed by atoms with Crippen molar-refractivity contribution in [2.24, 2.45) is 0 Å². The highest BCUT2D eigenvalue weighted by Gasteiger charge is 2.13. The van der Waals surface area contributed by atoms with E-state index in [0.29, 0.717) is 12.1 Å². The monoisotopic (exact) mass is 319 g/mol. The van der Waals surface area contributed by atoms with E-state index in [1.54, 1.807) is 23.5 Å². The fraction of sp³-hybridized carbons (Fsp3) is 0.176. The van der Waals surface area contributed by atoms with Gasteiger partial charge in [-0.15, -0.1) is 11.3 Å². The molecule has 0 fully saturated rings.